The van der Waals surface area contributed by atoms with Gasteiger partial charge in [-0.05, 0) is 31.5 Å². The molecule has 0 aliphatic rings. The van der Waals surface area contributed by atoms with Gasteiger partial charge < -0.3 is 9.88 Å². The predicted molar refractivity (Wildman–Crippen MR) is 88.4 cm³/mol. The van der Waals surface area contributed by atoms with Crippen molar-refractivity contribution in [1.82, 2.24) is 19.7 Å². The molecule has 0 saturated carbocycles. The van der Waals surface area contributed by atoms with Crippen LogP contribution in [0.3, 0.4) is 0 Å². The maximum Gasteiger partial charge on any atom is 0.324 e. The molecule has 0 radical (unpaired) electrons. The molecule has 1 atom stereocenters. The van der Waals surface area contributed by atoms with Gasteiger partial charge in [-0.1, -0.05) is 12.1 Å². The lowest BCUT2D eigenvalue weighted by atomic mass is 10.1. The van der Waals surface area contributed by atoms with Gasteiger partial charge in [0.05, 0.1) is 12.2 Å². The Labute approximate surface area is 133 Å². The number of nitrogens with zero attached hydrogens (tertiary/aromatic N) is 3. The van der Waals surface area contributed by atoms with Crippen LogP contribution in [0.4, 0.5) is 16.3 Å². The van der Waals surface area contributed by atoms with Crippen molar-refractivity contribution >= 4 is 17.5 Å². The average molecular weight is 310 g/mol. The number of aryl methyl sites for hydroxylation is 1. The number of hydrogen-bond acceptors (Lipinski definition) is 3. The van der Waals surface area contributed by atoms with E-state index in [4.69, 9.17) is 0 Å². The smallest absolute Gasteiger partial charge is 0.324 e. The van der Waals surface area contributed by atoms with Gasteiger partial charge in [-0.3, -0.25) is 10.4 Å². The first-order valence-corrected chi connectivity index (χ1v) is 7.30. The highest BCUT2D eigenvalue weighted by Crippen LogP contribution is 2.21. The molecule has 118 valence electrons. The van der Waals surface area contributed by atoms with Crippen molar-refractivity contribution in [3.63, 3.8) is 0 Å². The van der Waals surface area contributed by atoms with Gasteiger partial charge in [-0.2, -0.15) is 5.10 Å². The molecular weight excluding hydrogens is 292 g/mol. The molecule has 0 aliphatic carbocycles. The van der Waals surface area contributed by atoms with E-state index in [1.54, 1.807) is 18.5 Å². The second kappa shape index (κ2) is 6.35. The largest absolute Gasteiger partial charge is 0.328 e. The van der Waals surface area contributed by atoms with Crippen molar-refractivity contribution in [2.24, 2.45) is 0 Å². The van der Waals surface area contributed by atoms with Crippen LogP contribution in [0, 0.1) is 6.92 Å². The standard InChI is InChI=1S/C16H18N6O/c1-11(22-10-9-17-12(22)2)13-3-5-14(6-4-13)19-16(23)20-15-7-8-18-21-15/h3-11H,1-2H3,(H3,18,19,20,21,23)/t11-/m0/s1. The van der Waals surface area contributed by atoms with Crippen molar-refractivity contribution in [2.45, 2.75) is 19.9 Å². The average Bonchev–Trinajstić information content (AvgIpc) is 3.19. The summed E-state index contributed by atoms with van der Waals surface area (Å²) in [5, 5.41) is 11.9. The predicted octanol–water partition coefficient (Wildman–Crippen LogP) is 3.17. The van der Waals surface area contributed by atoms with E-state index in [2.05, 4.69) is 37.3 Å². The number of anilines is 2. The van der Waals surface area contributed by atoms with Crippen molar-refractivity contribution in [3.8, 4) is 0 Å². The molecule has 0 unspecified atom stereocenters. The third-order valence-electron chi connectivity index (χ3n) is 3.68. The molecule has 23 heavy (non-hydrogen) atoms. The number of aromatic amines is 1. The summed E-state index contributed by atoms with van der Waals surface area (Å²) >= 11 is 0. The Hall–Kier alpha value is -3.09. The number of imidazole rings is 1. The number of hydrogen-bond donors (Lipinski definition) is 3. The van der Waals surface area contributed by atoms with E-state index in [0.29, 0.717) is 5.82 Å². The Balaban J connectivity index is 1.65. The van der Waals surface area contributed by atoms with Gasteiger partial charge >= 0.3 is 6.03 Å². The molecule has 3 N–H and O–H groups in total. The highest BCUT2D eigenvalue weighted by atomic mass is 16.2. The van der Waals surface area contributed by atoms with Gasteiger partial charge in [0.25, 0.3) is 0 Å². The number of benzene rings is 1. The number of amides is 2. The zero-order valence-corrected chi connectivity index (χ0v) is 12.9. The number of nitrogens with one attached hydrogen (secondary N) is 3. The highest BCUT2D eigenvalue weighted by molar-refractivity contribution is 5.99. The van der Waals surface area contributed by atoms with Crippen molar-refractivity contribution in [1.29, 1.82) is 0 Å². The van der Waals surface area contributed by atoms with E-state index in [9.17, 15) is 4.79 Å². The number of carbonyl (C=O) groups is 1. The van der Waals surface area contributed by atoms with E-state index in [1.165, 1.54) is 0 Å². The number of carbonyl (C=O) groups excluding carboxylic acids is 1. The maximum absolute atomic E-state index is 11.8. The minimum atomic E-state index is -0.319. The second-order valence-electron chi connectivity index (χ2n) is 5.23. The molecule has 7 nitrogen and oxygen atoms in total. The van der Waals surface area contributed by atoms with Crippen LogP contribution >= 0.6 is 0 Å². The first-order valence-electron chi connectivity index (χ1n) is 7.30. The summed E-state index contributed by atoms with van der Waals surface area (Å²) in [6.45, 7) is 4.09. The topological polar surface area (TPSA) is 87.6 Å². The number of urea groups is 1. The van der Waals surface area contributed by atoms with Gasteiger partial charge in [0.2, 0.25) is 0 Å². The maximum atomic E-state index is 11.8. The quantitative estimate of drug-likeness (QED) is 0.691. The van der Waals surface area contributed by atoms with E-state index in [0.717, 1.165) is 17.1 Å². The van der Waals surface area contributed by atoms with Gasteiger partial charge in [0.1, 0.15) is 11.6 Å². The molecule has 1 aromatic carbocycles. The lowest BCUT2D eigenvalue weighted by Gasteiger charge is -2.16. The molecule has 0 fully saturated rings. The van der Waals surface area contributed by atoms with E-state index in [-0.39, 0.29) is 12.1 Å². The third kappa shape index (κ3) is 3.39. The minimum absolute atomic E-state index is 0.186. The summed E-state index contributed by atoms with van der Waals surface area (Å²) in [4.78, 5) is 16.1. The van der Waals surface area contributed by atoms with Gasteiger partial charge in [0.15, 0.2) is 0 Å². The normalized spacial score (nSPS) is 11.9. The highest BCUT2D eigenvalue weighted by Gasteiger charge is 2.10. The number of H-pyrrole nitrogens is 1. The minimum Gasteiger partial charge on any atom is -0.328 e. The summed E-state index contributed by atoms with van der Waals surface area (Å²) < 4.78 is 2.10. The molecule has 7 heteroatoms. The molecule has 3 aromatic rings. The summed E-state index contributed by atoms with van der Waals surface area (Å²) in [6.07, 6.45) is 5.33. The van der Waals surface area contributed by atoms with Crippen LogP contribution in [-0.4, -0.2) is 25.8 Å². The van der Waals surface area contributed by atoms with Gasteiger partial charge in [-0.25, -0.2) is 9.78 Å². The Kier molecular flexibility index (Phi) is 4.09. The Morgan fingerprint density at radius 1 is 1.17 bits per heavy atom. The molecule has 2 heterocycles. The lowest BCUT2D eigenvalue weighted by Crippen LogP contribution is -2.19. The third-order valence-corrected chi connectivity index (χ3v) is 3.68. The van der Waals surface area contributed by atoms with Gasteiger partial charge in [-0.15, -0.1) is 0 Å². The van der Waals surface area contributed by atoms with Gasteiger partial charge in [0, 0.05) is 24.1 Å². The van der Waals surface area contributed by atoms with E-state index >= 15 is 0 Å². The summed E-state index contributed by atoms with van der Waals surface area (Å²) in [5.41, 5.74) is 1.87. The summed E-state index contributed by atoms with van der Waals surface area (Å²) in [5.74, 6) is 1.52. The Morgan fingerprint density at radius 2 is 1.96 bits per heavy atom. The molecule has 0 saturated heterocycles. The fourth-order valence-corrected chi connectivity index (χ4v) is 2.41. The van der Waals surface area contributed by atoms with Crippen LogP contribution in [0.2, 0.25) is 0 Å². The number of rotatable bonds is 4. The zero-order chi connectivity index (χ0) is 16.2. The fraction of sp³-hybridized carbons (Fsp3) is 0.188. The molecule has 0 aliphatic heterocycles. The Morgan fingerprint density at radius 3 is 2.57 bits per heavy atom. The first kappa shape index (κ1) is 14.8. The molecule has 3 rings (SSSR count). The van der Waals surface area contributed by atoms with Crippen LogP contribution in [0.15, 0.2) is 48.9 Å². The SMILES string of the molecule is Cc1nccn1[C@@H](C)c1ccc(NC(=O)Nc2ccn[nH]2)cc1. The van der Waals surface area contributed by atoms with E-state index < -0.39 is 0 Å². The molecular formula is C16H18N6O. The van der Waals surface area contributed by atoms with Crippen molar-refractivity contribution < 1.29 is 4.79 Å². The fourth-order valence-electron chi connectivity index (χ4n) is 2.41. The van der Waals surface area contributed by atoms with Crippen LogP contribution < -0.4 is 10.6 Å². The van der Waals surface area contributed by atoms with E-state index in [1.807, 2.05) is 37.4 Å². The molecule has 2 amide bonds. The van der Waals surface area contributed by atoms with Crippen LogP contribution in [-0.2, 0) is 0 Å². The van der Waals surface area contributed by atoms with Crippen molar-refractivity contribution in [3.05, 3.63) is 60.3 Å². The summed E-state index contributed by atoms with van der Waals surface area (Å²) in [7, 11) is 0. The lowest BCUT2D eigenvalue weighted by molar-refractivity contribution is 0.262. The Bertz CT molecular complexity index is 775. The monoisotopic (exact) mass is 310 g/mol. The number of aromatic nitrogens is 4. The molecule has 2 aromatic heterocycles. The zero-order valence-electron chi connectivity index (χ0n) is 12.9. The second-order valence-corrected chi connectivity index (χ2v) is 5.23. The molecule has 0 spiro atoms. The first-order chi connectivity index (χ1) is 11.1. The van der Waals surface area contributed by atoms with Crippen LogP contribution in [0.1, 0.15) is 24.4 Å². The summed E-state index contributed by atoms with van der Waals surface area (Å²) in [6, 6.07) is 9.30. The van der Waals surface area contributed by atoms with Crippen molar-refractivity contribution in [2.75, 3.05) is 10.6 Å². The van der Waals surface area contributed by atoms with Crippen LogP contribution in [0.5, 0.6) is 0 Å². The molecule has 0 bridgehead atoms. The van der Waals surface area contributed by atoms with Crippen LogP contribution in [0.25, 0.3) is 0 Å².